The molecule has 2 rings (SSSR count). The van der Waals surface area contributed by atoms with Gasteiger partial charge in [0.15, 0.2) is 11.6 Å². The first-order valence-electron chi connectivity index (χ1n) is 7.35. The van der Waals surface area contributed by atoms with Crippen molar-refractivity contribution in [3.63, 3.8) is 0 Å². The number of carbonyl (C=O) groups is 2. The van der Waals surface area contributed by atoms with Crippen molar-refractivity contribution >= 4 is 17.5 Å². The zero-order valence-electron chi connectivity index (χ0n) is 12.9. The van der Waals surface area contributed by atoms with E-state index in [4.69, 9.17) is 0 Å². The third kappa shape index (κ3) is 5.30. The molecule has 0 aliphatic carbocycles. The van der Waals surface area contributed by atoms with Crippen molar-refractivity contribution in [1.82, 2.24) is 5.32 Å². The molecule has 2 amide bonds. The van der Waals surface area contributed by atoms with Crippen LogP contribution in [0.4, 0.5) is 23.2 Å². The highest BCUT2D eigenvalue weighted by Gasteiger charge is 2.12. The van der Waals surface area contributed by atoms with Crippen LogP contribution >= 0.6 is 0 Å². The third-order valence-corrected chi connectivity index (χ3v) is 3.25. The minimum absolute atomic E-state index is 0.00513. The number of hydrogen-bond donors (Lipinski definition) is 2. The lowest BCUT2D eigenvalue weighted by Crippen LogP contribution is -2.26. The average Bonchev–Trinajstić information content (AvgIpc) is 2.55. The number of halogens is 4. The fraction of sp³-hybridized carbons (Fsp3) is 0.176. The molecular weight excluding hydrogens is 340 g/mol. The van der Waals surface area contributed by atoms with E-state index in [-0.39, 0.29) is 30.6 Å². The summed E-state index contributed by atoms with van der Waals surface area (Å²) in [6.07, 6.45) is 0.245. The zero-order chi connectivity index (χ0) is 18.4. The second kappa shape index (κ2) is 8.27. The molecule has 2 aromatic rings. The Morgan fingerprint density at radius 1 is 0.880 bits per heavy atom. The van der Waals surface area contributed by atoms with Gasteiger partial charge in [0, 0.05) is 30.8 Å². The zero-order valence-corrected chi connectivity index (χ0v) is 12.9. The second-order valence-electron chi connectivity index (χ2n) is 5.16. The number of benzene rings is 2. The molecule has 0 bridgehead atoms. The fourth-order valence-corrected chi connectivity index (χ4v) is 2.02. The smallest absolute Gasteiger partial charge is 0.254 e. The van der Waals surface area contributed by atoms with E-state index in [0.29, 0.717) is 6.07 Å². The van der Waals surface area contributed by atoms with Crippen LogP contribution in [-0.2, 0) is 4.79 Å². The van der Waals surface area contributed by atoms with Gasteiger partial charge in [-0.3, -0.25) is 9.59 Å². The van der Waals surface area contributed by atoms with E-state index in [1.54, 1.807) is 0 Å². The van der Waals surface area contributed by atoms with Crippen molar-refractivity contribution in [2.75, 3.05) is 11.9 Å². The Kier molecular flexibility index (Phi) is 6.10. The van der Waals surface area contributed by atoms with E-state index < -0.39 is 35.1 Å². The third-order valence-electron chi connectivity index (χ3n) is 3.25. The predicted molar refractivity (Wildman–Crippen MR) is 82.9 cm³/mol. The van der Waals surface area contributed by atoms with Crippen molar-refractivity contribution in [3.05, 3.63) is 65.2 Å². The van der Waals surface area contributed by atoms with Crippen LogP contribution in [0, 0.1) is 23.3 Å². The van der Waals surface area contributed by atoms with Crippen LogP contribution < -0.4 is 10.6 Å². The Balaban J connectivity index is 1.75. The molecule has 0 saturated heterocycles. The topological polar surface area (TPSA) is 58.2 Å². The molecule has 25 heavy (non-hydrogen) atoms. The number of carbonyl (C=O) groups excluding carboxylic acids is 2. The molecule has 2 N–H and O–H groups in total. The van der Waals surface area contributed by atoms with Gasteiger partial charge >= 0.3 is 0 Å². The molecule has 0 aromatic heterocycles. The van der Waals surface area contributed by atoms with Crippen molar-refractivity contribution in [2.24, 2.45) is 0 Å². The summed E-state index contributed by atoms with van der Waals surface area (Å²) >= 11 is 0. The van der Waals surface area contributed by atoms with Crippen LogP contribution in [0.25, 0.3) is 0 Å². The van der Waals surface area contributed by atoms with Crippen molar-refractivity contribution < 1.29 is 27.2 Å². The standard InChI is InChI=1S/C17H14F4N2O2/c18-10-3-5-12(14(20)8-10)17(25)22-7-1-2-16(24)23-11-4-6-13(19)15(21)9-11/h3-6,8-9H,1-2,7H2,(H,22,25)(H,23,24). The summed E-state index contributed by atoms with van der Waals surface area (Å²) in [6, 6.07) is 5.55. The Hall–Kier alpha value is -2.90. The van der Waals surface area contributed by atoms with Gasteiger partial charge in [-0.2, -0.15) is 0 Å². The van der Waals surface area contributed by atoms with E-state index in [1.165, 1.54) is 6.07 Å². The predicted octanol–water partition coefficient (Wildman–Crippen LogP) is 3.39. The van der Waals surface area contributed by atoms with Gasteiger partial charge < -0.3 is 10.6 Å². The van der Waals surface area contributed by atoms with Crippen LogP contribution in [0.2, 0.25) is 0 Å². The maximum Gasteiger partial charge on any atom is 0.254 e. The molecule has 0 heterocycles. The van der Waals surface area contributed by atoms with E-state index in [9.17, 15) is 27.2 Å². The van der Waals surface area contributed by atoms with E-state index in [1.807, 2.05) is 0 Å². The van der Waals surface area contributed by atoms with Gasteiger partial charge in [0.25, 0.3) is 5.91 Å². The summed E-state index contributed by atoms with van der Waals surface area (Å²) in [4.78, 5) is 23.4. The lowest BCUT2D eigenvalue weighted by molar-refractivity contribution is -0.116. The van der Waals surface area contributed by atoms with Gasteiger partial charge in [0.1, 0.15) is 11.6 Å². The summed E-state index contributed by atoms with van der Waals surface area (Å²) in [6.45, 7) is 0.0842. The first-order valence-corrected chi connectivity index (χ1v) is 7.35. The van der Waals surface area contributed by atoms with Gasteiger partial charge in [-0.1, -0.05) is 0 Å². The minimum Gasteiger partial charge on any atom is -0.352 e. The Morgan fingerprint density at radius 2 is 1.64 bits per heavy atom. The van der Waals surface area contributed by atoms with E-state index in [2.05, 4.69) is 10.6 Å². The Labute approximate surface area is 140 Å². The second-order valence-corrected chi connectivity index (χ2v) is 5.16. The lowest BCUT2D eigenvalue weighted by atomic mass is 10.2. The summed E-state index contributed by atoms with van der Waals surface area (Å²) in [5, 5.41) is 4.79. The molecule has 0 spiro atoms. The molecule has 132 valence electrons. The maximum absolute atomic E-state index is 13.4. The average molecular weight is 354 g/mol. The normalized spacial score (nSPS) is 10.4. The van der Waals surface area contributed by atoms with Crippen molar-refractivity contribution in [3.8, 4) is 0 Å². The van der Waals surface area contributed by atoms with Gasteiger partial charge in [-0.25, -0.2) is 17.6 Å². The van der Waals surface area contributed by atoms with Gasteiger partial charge in [0.05, 0.1) is 5.56 Å². The maximum atomic E-state index is 13.4. The number of amides is 2. The van der Waals surface area contributed by atoms with Crippen LogP contribution in [0.1, 0.15) is 23.2 Å². The van der Waals surface area contributed by atoms with E-state index >= 15 is 0 Å². The number of anilines is 1. The van der Waals surface area contributed by atoms with Crippen LogP contribution in [-0.4, -0.2) is 18.4 Å². The highest BCUT2D eigenvalue weighted by molar-refractivity contribution is 5.94. The van der Waals surface area contributed by atoms with Crippen LogP contribution in [0.5, 0.6) is 0 Å². The highest BCUT2D eigenvalue weighted by atomic mass is 19.2. The van der Waals surface area contributed by atoms with Gasteiger partial charge in [-0.15, -0.1) is 0 Å². The van der Waals surface area contributed by atoms with Crippen molar-refractivity contribution in [2.45, 2.75) is 12.8 Å². The fourth-order valence-electron chi connectivity index (χ4n) is 2.02. The largest absolute Gasteiger partial charge is 0.352 e. The highest BCUT2D eigenvalue weighted by Crippen LogP contribution is 2.13. The molecule has 0 saturated carbocycles. The van der Waals surface area contributed by atoms with Crippen LogP contribution in [0.15, 0.2) is 36.4 Å². The molecule has 0 aliphatic heterocycles. The molecule has 0 aliphatic rings. The lowest BCUT2D eigenvalue weighted by Gasteiger charge is -2.07. The molecule has 0 atom stereocenters. The summed E-state index contributed by atoms with van der Waals surface area (Å²) < 4.78 is 52.0. The van der Waals surface area contributed by atoms with Crippen molar-refractivity contribution in [1.29, 1.82) is 0 Å². The first-order chi connectivity index (χ1) is 11.9. The minimum atomic E-state index is -1.08. The Morgan fingerprint density at radius 3 is 2.32 bits per heavy atom. The summed E-state index contributed by atoms with van der Waals surface area (Å²) in [7, 11) is 0. The number of nitrogens with one attached hydrogen (secondary N) is 2. The Bertz CT molecular complexity index is 796. The first kappa shape index (κ1) is 18.4. The molecule has 2 aromatic carbocycles. The molecule has 4 nitrogen and oxygen atoms in total. The molecular formula is C17H14F4N2O2. The molecule has 0 unspecified atom stereocenters. The van der Waals surface area contributed by atoms with E-state index in [0.717, 1.165) is 24.3 Å². The molecule has 8 heteroatoms. The summed E-state index contributed by atoms with van der Waals surface area (Å²) in [5.41, 5.74) is -0.186. The quantitative estimate of drug-likeness (QED) is 0.617. The number of hydrogen-bond acceptors (Lipinski definition) is 2. The SMILES string of the molecule is O=C(CCCNC(=O)c1ccc(F)cc1F)Nc1ccc(F)c(F)c1. The van der Waals surface area contributed by atoms with Crippen LogP contribution in [0.3, 0.4) is 0 Å². The summed E-state index contributed by atoms with van der Waals surface area (Å²) in [5.74, 6) is -5.04. The van der Waals surface area contributed by atoms with Gasteiger partial charge in [-0.05, 0) is 30.7 Å². The molecule has 0 radical (unpaired) electrons. The molecule has 0 fully saturated rings. The monoisotopic (exact) mass is 354 g/mol. The number of rotatable bonds is 6. The van der Waals surface area contributed by atoms with Gasteiger partial charge in [0.2, 0.25) is 5.91 Å².